The third-order valence-corrected chi connectivity index (χ3v) is 5.14. The molecule has 0 bridgehead atoms. The normalized spacial score (nSPS) is 11.1. The minimum atomic E-state index is -1.18. The number of aromatic nitrogens is 2. The molecule has 31 heavy (non-hydrogen) atoms. The first-order valence-electron chi connectivity index (χ1n) is 8.57. The number of thioether (sulfide) groups is 1. The fourth-order valence-corrected chi connectivity index (χ4v) is 3.49. The highest BCUT2D eigenvalue weighted by atomic mass is 35.5. The van der Waals surface area contributed by atoms with Crippen LogP contribution >= 0.6 is 35.0 Å². The van der Waals surface area contributed by atoms with E-state index in [1.807, 2.05) is 0 Å². The van der Waals surface area contributed by atoms with Gasteiger partial charge >= 0.3 is 5.97 Å². The Morgan fingerprint density at radius 3 is 2.68 bits per heavy atom. The first-order valence-corrected chi connectivity index (χ1v) is 10.1. The Hall–Kier alpha value is -3.12. The molecule has 2 aromatic carbocycles. The largest absolute Gasteiger partial charge is 0.493 e. The maximum Gasteiger partial charge on any atom is 0.342 e. The average Bonchev–Trinajstić information content (AvgIpc) is 3.21. The van der Waals surface area contributed by atoms with Gasteiger partial charge in [0.1, 0.15) is 11.5 Å². The second-order valence-corrected chi connectivity index (χ2v) is 7.66. The molecule has 0 fully saturated rings. The third kappa shape index (κ3) is 5.73. The van der Waals surface area contributed by atoms with Crippen molar-refractivity contribution in [3.8, 4) is 35.3 Å². The van der Waals surface area contributed by atoms with Crippen LogP contribution in [0.1, 0.15) is 5.56 Å². The number of hydrogen-bond donors (Lipinski definition) is 1. The van der Waals surface area contributed by atoms with Gasteiger partial charge in [-0.25, -0.2) is 4.79 Å². The summed E-state index contributed by atoms with van der Waals surface area (Å²) in [6, 6.07) is 9.92. The number of nitrogens with zero attached hydrogens (tertiary/aromatic N) is 2. The molecule has 0 amide bonds. The maximum absolute atomic E-state index is 11.8. The van der Waals surface area contributed by atoms with Crippen LogP contribution in [-0.2, 0) is 4.79 Å². The summed E-state index contributed by atoms with van der Waals surface area (Å²) in [5, 5.41) is 18.3. The van der Waals surface area contributed by atoms with Crippen molar-refractivity contribution in [3.05, 3.63) is 56.9 Å². The van der Waals surface area contributed by atoms with E-state index >= 15 is 0 Å². The molecule has 3 aromatic rings. The fraction of sp³-hybridized carbons (Fsp3) is 0.0952. The van der Waals surface area contributed by atoms with Crippen LogP contribution in [-0.4, -0.2) is 35.0 Å². The highest BCUT2D eigenvalue weighted by Crippen LogP contribution is 2.38. The lowest BCUT2D eigenvalue weighted by atomic mass is 10.2. The number of terminal acetylenes is 1. The zero-order chi connectivity index (χ0) is 22.4. The minimum Gasteiger partial charge on any atom is -0.493 e. The van der Waals surface area contributed by atoms with E-state index in [1.165, 1.54) is 19.3 Å². The van der Waals surface area contributed by atoms with Gasteiger partial charge in [0.2, 0.25) is 5.89 Å². The number of carbonyl (C=O) groups is 1. The Bertz CT molecular complexity index is 1170. The van der Waals surface area contributed by atoms with E-state index in [4.69, 9.17) is 43.5 Å². The molecule has 7 nitrogen and oxygen atoms in total. The molecule has 0 saturated heterocycles. The molecule has 0 aliphatic heterocycles. The standard InChI is InChI=1S/C21H14Cl2N2O5S/c1-3-8-29-18-15(23)9-12(10-16(18)28-2)11-17(20(26)27)31-21-25-24-19(30-21)13-4-6-14(22)7-5-13/h1,4-7,9-11H,8H2,2H3,(H,26,27)/b17-11-. The van der Waals surface area contributed by atoms with E-state index in [0.717, 1.165) is 11.8 Å². The molecule has 0 saturated carbocycles. The van der Waals surface area contributed by atoms with Crippen LogP contribution in [0.5, 0.6) is 11.5 Å². The Balaban J connectivity index is 1.87. The Kier molecular flexibility index (Phi) is 7.47. The summed E-state index contributed by atoms with van der Waals surface area (Å²) in [7, 11) is 1.44. The zero-order valence-electron chi connectivity index (χ0n) is 16.0. The van der Waals surface area contributed by atoms with Gasteiger partial charge in [0.25, 0.3) is 5.22 Å². The van der Waals surface area contributed by atoms with Crippen molar-refractivity contribution in [1.82, 2.24) is 10.2 Å². The number of carboxylic acid groups (broad SMARTS) is 1. The highest BCUT2D eigenvalue weighted by molar-refractivity contribution is 8.03. The molecular weight excluding hydrogens is 463 g/mol. The Labute approximate surface area is 192 Å². The van der Waals surface area contributed by atoms with Crippen molar-refractivity contribution in [2.24, 2.45) is 0 Å². The lowest BCUT2D eigenvalue weighted by Crippen LogP contribution is -1.99. The predicted octanol–water partition coefficient (Wildman–Crippen LogP) is 5.28. The third-order valence-electron chi connectivity index (χ3n) is 3.76. The molecule has 0 unspecified atom stereocenters. The lowest BCUT2D eigenvalue weighted by Gasteiger charge is -2.12. The quantitative estimate of drug-likeness (QED) is 0.266. The van der Waals surface area contributed by atoms with Crippen molar-refractivity contribution >= 4 is 47.0 Å². The molecule has 10 heteroatoms. The molecule has 1 N–H and O–H groups in total. The van der Waals surface area contributed by atoms with Crippen LogP contribution in [0, 0.1) is 12.3 Å². The van der Waals surface area contributed by atoms with Crippen molar-refractivity contribution in [3.63, 3.8) is 0 Å². The van der Waals surface area contributed by atoms with E-state index in [1.54, 1.807) is 30.3 Å². The van der Waals surface area contributed by atoms with E-state index < -0.39 is 5.97 Å². The van der Waals surface area contributed by atoms with Gasteiger partial charge in [-0.2, -0.15) is 0 Å². The summed E-state index contributed by atoms with van der Waals surface area (Å²) in [6.07, 6.45) is 6.60. The number of rotatable bonds is 8. The first kappa shape index (κ1) is 22.6. The summed E-state index contributed by atoms with van der Waals surface area (Å²) >= 11 is 12.9. The van der Waals surface area contributed by atoms with E-state index in [9.17, 15) is 9.90 Å². The SMILES string of the molecule is C#CCOc1c(Cl)cc(/C=C(\Sc2nnc(-c3ccc(Cl)cc3)o2)C(=O)O)cc1OC. The lowest BCUT2D eigenvalue weighted by molar-refractivity contribution is -0.131. The molecule has 1 aromatic heterocycles. The molecular formula is C21H14Cl2N2O5S. The van der Waals surface area contributed by atoms with Gasteiger partial charge < -0.3 is 19.0 Å². The zero-order valence-corrected chi connectivity index (χ0v) is 18.3. The summed E-state index contributed by atoms with van der Waals surface area (Å²) in [5.41, 5.74) is 1.13. The van der Waals surface area contributed by atoms with Crippen LogP contribution in [0.25, 0.3) is 17.5 Å². The van der Waals surface area contributed by atoms with Crippen LogP contribution in [0.3, 0.4) is 0 Å². The van der Waals surface area contributed by atoms with Gasteiger partial charge in [-0.05, 0) is 59.8 Å². The monoisotopic (exact) mass is 476 g/mol. The van der Waals surface area contributed by atoms with Crippen LogP contribution in [0.15, 0.2) is 50.9 Å². The van der Waals surface area contributed by atoms with E-state index in [2.05, 4.69) is 16.1 Å². The van der Waals surface area contributed by atoms with Gasteiger partial charge in [0.15, 0.2) is 11.5 Å². The van der Waals surface area contributed by atoms with E-state index in [0.29, 0.717) is 21.9 Å². The highest BCUT2D eigenvalue weighted by Gasteiger charge is 2.18. The van der Waals surface area contributed by atoms with Gasteiger partial charge in [0, 0.05) is 10.6 Å². The smallest absolute Gasteiger partial charge is 0.342 e. The first-order chi connectivity index (χ1) is 14.9. The minimum absolute atomic E-state index is 0.00854. The summed E-state index contributed by atoms with van der Waals surface area (Å²) in [4.78, 5) is 11.7. The topological polar surface area (TPSA) is 94.7 Å². The molecule has 1 heterocycles. The average molecular weight is 477 g/mol. The second-order valence-electron chi connectivity index (χ2n) is 5.82. The van der Waals surface area contributed by atoms with Crippen molar-refractivity contribution in [1.29, 1.82) is 0 Å². The van der Waals surface area contributed by atoms with Crippen molar-refractivity contribution in [2.75, 3.05) is 13.7 Å². The molecule has 0 spiro atoms. The Morgan fingerprint density at radius 2 is 2.03 bits per heavy atom. The number of methoxy groups -OCH3 is 1. The molecule has 0 atom stereocenters. The van der Waals surface area contributed by atoms with Crippen LogP contribution in [0.2, 0.25) is 10.0 Å². The van der Waals surface area contributed by atoms with Crippen molar-refractivity contribution < 1.29 is 23.8 Å². The van der Waals surface area contributed by atoms with Crippen molar-refractivity contribution in [2.45, 2.75) is 5.22 Å². The summed E-state index contributed by atoms with van der Waals surface area (Å²) in [5.74, 6) is 1.98. The molecule has 0 aliphatic rings. The fourth-order valence-electron chi connectivity index (χ4n) is 2.42. The number of aliphatic carboxylic acids is 1. The number of carboxylic acids is 1. The molecule has 0 radical (unpaired) electrons. The number of ether oxygens (including phenoxy) is 2. The molecule has 3 rings (SSSR count). The second kappa shape index (κ2) is 10.3. The predicted molar refractivity (Wildman–Crippen MR) is 119 cm³/mol. The van der Waals surface area contributed by atoms with Crippen LogP contribution in [0.4, 0.5) is 0 Å². The number of benzene rings is 2. The van der Waals surface area contributed by atoms with Gasteiger partial charge in [-0.1, -0.05) is 29.1 Å². The Morgan fingerprint density at radius 1 is 1.29 bits per heavy atom. The maximum atomic E-state index is 11.8. The number of hydrogen-bond acceptors (Lipinski definition) is 7. The summed E-state index contributed by atoms with van der Waals surface area (Å²) < 4.78 is 16.2. The molecule has 158 valence electrons. The number of halogens is 2. The van der Waals surface area contributed by atoms with E-state index in [-0.39, 0.29) is 33.4 Å². The van der Waals surface area contributed by atoms with Gasteiger partial charge in [-0.3, -0.25) is 0 Å². The van der Waals surface area contributed by atoms with Gasteiger partial charge in [-0.15, -0.1) is 16.6 Å². The van der Waals surface area contributed by atoms with Gasteiger partial charge in [0.05, 0.1) is 12.1 Å². The molecule has 0 aliphatic carbocycles. The summed E-state index contributed by atoms with van der Waals surface area (Å²) in [6.45, 7) is 0.00854. The van der Waals surface area contributed by atoms with Crippen LogP contribution < -0.4 is 9.47 Å².